The van der Waals surface area contributed by atoms with Crippen LogP contribution in [0.25, 0.3) is 0 Å². The predicted molar refractivity (Wildman–Crippen MR) is 110 cm³/mol. The molecule has 9 heteroatoms. The van der Waals surface area contributed by atoms with Crippen LogP contribution in [0.2, 0.25) is 0 Å². The van der Waals surface area contributed by atoms with E-state index in [4.69, 9.17) is 0 Å². The van der Waals surface area contributed by atoms with E-state index in [1.54, 1.807) is 0 Å². The molecule has 26 heavy (non-hydrogen) atoms. The number of aromatic nitrogens is 2. The first-order valence-electron chi connectivity index (χ1n) is 8.49. The van der Waals surface area contributed by atoms with Crippen LogP contribution in [0.1, 0.15) is 43.9 Å². The number of nitrogens with zero attached hydrogens (tertiary/aromatic N) is 4. The molecule has 0 spiro atoms. The highest BCUT2D eigenvalue weighted by Crippen LogP contribution is 2.30. The molecule has 5 nitrogen and oxygen atoms in total. The highest BCUT2D eigenvalue weighted by molar-refractivity contribution is 14.0. The summed E-state index contributed by atoms with van der Waals surface area (Å²) < 4.78 is 40.2. The Morgan fingerprint density at radius 1 is 1.38 bits per heavy atom. The van der Waals surface area contributed by atoms with Crippen LogP contribution < -0.4 is 5.32 Å². The van der Waals surface area contributed by atoms with E-state index in [0.717, 1.165) is 32.2 Å². The van der Waals surface area contributed by atoms with E-state index >= 15 is 0 Å². The van der Waals surface area contributed by atoms with E-state index in [2.05, 4.69) is 22.0 Å². The third-order valence-corrected chi connectivity index (χ3v) is 3.67. The topological polar surface area (TPSA) is 45.5 Å². The average molecular weight is 487 g/mol. The first kappa shape index (κ1) is 24.7. The monoisotopic (exact) mass is 487 g/mol. The first-order valence-corrected chi connectivity index (χ1v) is 8.49. The normalized spacial score (nSPS) is 11.8. The number of alkyl halides is 3. The molecule has 1 N–H and O–H groups in total. The van der Waals surface area contributed by atoms with Gasteiger partial charge in [0.1, 0.15) is 0 Å². The number of hydrogen-bond acceptors (Lipinski definition) is 2. The summed E-state index contributed by atoms with van der Waals surface area (Å²) in [5, 5.41) is 6.63. The van der Waals surface area contributed by atoms with Crippen LogP contribution >= 0.6 is 24.0 Å². The van der Waals surface area contributed by atoms with Gasteiger partial charge >= 0.3 is 6.18 Å². The summed E-state index contributed by atoms with van der Waals surface area (Å²) in [5.74, 6) is 0.600. The van der Waals surface area contributed by atoms with Crippen LogP contribution in [-0.4, -0.2) is 40.8 Å². The lowest BCUT2D eigenvalue weighted by atomic mass is 10.2. The molecular weight excluding hydrogens is 458 g/mol. The summed E-state index contributed by atoms with van der Waals surface area (Å²) in [6.07, 6.45) is 2.97. The van der Waals surface area contributed by atoms with Crippen molar-refractivity contribution < 1.29 is 13.2 Å². The standard InChI is InChI=1S/C17H28F3N5.HI/c1-5-7-8-9-10-11-24(3)16(21-6-2)22-12-14-13-25(4)23-15(14)17(18,19)20;/h5,13H,1,6-12H2,2-4H3,(H,21,22);1H. The molecule has 1 aromatic heterocycles. The third kappa shape index (κ3) is 8.41. The zero-order valence-corrected chi connectivity index (χ0v) is 18.0. The zero-order chi connectivity index (χ0) is 18.9. The molecule has 0 bridgehead atoms. The minimum absolute atomic E-state index is 0. The zero-order valence-electron chi connectivity index (χ0n) is 15.6. The van der Waals surface area contributed by atoms with Crippen LogP contribution in [0, 0.1) is 0 Å². The van der Waals surface area contributed by atoms with Gasteiger partial charge in [-0.3, -0.25) is 4.68 Å². The molecule has 0 saturated carbocycles. The SMILES string of the molecule is C=CCCCCCN(C)C(=NCc1cn(C)nc1C(F)(F)F)NCC.I. The quantitative estimate of drug-likeness (QED) is 0.187. The van der Waals surface area contributed by atoms with Crippen molar-refractivity contribution in [1.82, 2.24) is 20.0 Å². The smallest absolute Gasteiger partial charge is 0.357 e. The second kappa shape index (κ2) is 12.2. The Balaban J connectivity index is 0.00000625. The van der Waals surface area contributed by atoms with E-state index in [1.165, 1.54) is 17.9 Å². The Kier molecular flexibility index (Phi) is 11.6. The maximum Gasteiger partial charge on any atom is 0.435 e. The fraction of sp³-hybridized carbons (Fsp3) is 0.647. The molecule has 0 amide bonds. The first-order chi connectivity index (χ1) is 11.8. The third-order valence-electron chi connectivity index (χ3n) is 3.67. The molecule has 0 fully saturated rings. The number of halogens is 4. The van der Waals surface area contributed by atoms with E-state index in [0.29, 0.717) is 12.5 Å². The minimum Gasteiger partial charge on any atom is -0.357 e. The van der Waals surface area contributed by atoms with E-state index in [-0.39, 0.29) is 36.1 Å². The summed E-state index contributed by atoms with van der Waals surface area (Å²) in [5.41, 5.74) is -0.800. The second-order valence-corrected chi connectivity index (χ2v) is 5.90. The van der Waals surface area contributed by atoms with Gasteiger partial charge in [0.15, 0.2) is 11.7 Å². The largest absolute Gasteiger partial charge is 0.435 e. The highest BCUT2D eigenvalue weighted by Gasteiger charge is 2.36. The van der Waals surface area contributed by atoms with Gasteiger partial charge in [-0.05, 0) is 26.2 Å². The van der Waals surface area contributed by atoms with Gasteiger partial charge in [-0.15, -0.1) is 30.6 Å². The Morgan fingerprint density at radius 2 is 2.08 bits per heavy atom. The second-order valence-electron chi connectivity index (χ2n) is 5.90. The summed E-state index contributed by atoms with van der Waals surface area (Å²) in [6, 6.07) is 0. The highest BCUT2D eigenvalue weighted by atomic mass is 127. The Labute approximate surface area is 170 Å². The predicted octanol–water partition coefficient (Wildman–Crippen LogP) is 4.20. The van der Waals surface area contributed by atoms with Crippen LogP contribution in [-0.2, 0) is 19.8 Å². The number of nitrogens with one attached hydrogen (secondary N) is 1. The molecule has 1 heterocycles. The number of allylic oxidation sites excluding steroid dienone is 1. The van der Waals surface area contributed by atoms with Gasteiger partial charge in [-0.2, -0.15) is 18.3 Å². The fourth-order valence-electron chi connectivity index (χ4n) is 2.44. The lowest BCUT2D eigenvalue weighted by molar-refractivity contribution is -0.142. The lowest BCUT2D eigenvalue weighted by Crippen LogP contribution is -2.39. The number of hydrogen-bond donors (Lipinski definition) is 1. The van der Waals surface area contributed by atoms with E-state index in [1.807, 2.05) is 24.9 Å². The van der Waals surface area contributed by atoms with Gasteiger partial charge in [0.2, 0.25) is 0 Å². The molecule has 0 unspecified atom stereocenters. The summed E-state index contributed by atoms with van der Waals surface area (Å²) in [4.78, 5) is 6.29. The Morgan fingerprint density at radius 3 is 2.65 bits per heavy atom. The maximum absolute atomic E-state index is 13.0. The average Bonchev–Trinajstić information content (AvgIpc) is 2.92. The van der Waals surface area contributed by atoms with Crippen molar-refractivity contribution >= 4 is 29.9 Å². The van der Waals surface area contributed by atoms with Crippen LogP contribution in [0.4, 0.5) is 13.2 Å². The van der Waals surface area contributed by atoms with Gasteiger partial charge in [0.05, 0.1) is 6.54 Å². The van der Waals surface area contributed by atoms with Crippen LogP contribution in [0.15, 0.2) is 23.8 Å². The molecule has 0 atom stereocenters. The fourth-order valence-corrected chi connectivity index (χ4v) is 2.44. The number of guanidine groups is 1. The molecular formula is C17H29F3IN5. The van der Waals surface area contributed by atoms with Crippen molar-refractivity contribution in [2.75, 3.05) is 20.1 Å². The van der Waals surface area contributed by atoms with Crippen LogP contribution in [0.3, 0.4) is 0 Å². The van der Waals surface area contributed by atoms with Crippen molar-refractivity contribution in [2.45, 2.75) is 45.3 Å². The lowest BCUT2D eigenvalue weighted by Gasteiger charge is -2.22. The molecule has 1 aromatic rings. The molecule has 0 aliphatic carbocycles. The van der Waals surface area contributed by atoms with Crippen molar-refractivity contribution in [1.29, 1.82) is 0 Å². The molecule has 1 rings (SSSR count). The number of rotatable bonds is 9. The molecule has 0 saturated heterocycles. The van der Waals surface area contributed by atoms with Crippen molar-refractivity contribution in [2.24, 2.45) is 12.0 Å². The Hall–Kier alpha value is -1.26. The summed E-state index contributed by atoms with van der Waals surface area (Å²) >= 11 is 0. The molecule has 0 aliphatic rings. The van der Waals surface area contributed by atoms with Crippen molar-refractivity contribution in [3.05, 3.63) is 30.1 Å². The number of aliphatic imine (C=N–C) groups is 1. The molecule has 150 valence electrons. The van der Waals surface area contributed by atoms with Gasteiger partial charge in [0.25, 0.3) is 0 Å². The van der Waals surface area contributed by atoms with Gasteiger partial charge in [0, 0.05) is 38.9 Å². The van der Waals surface area contributed by atoms with Gasteiger partial charge in [-0.1, -0.05) is 12.5 Å². The van der Waals surface area contributed by atoms with Gasteiger partial charge in [-0.25, -0.2) is 4.99 Å². The molecule has 0 radical (unpaired) electrons. The van der Waals surface area contributed by atoms with E-state index in [9.17, 15) is 13.2 Å². The van der Waals surface area contributed by atoms with Crippen LogP contribution in [0.5, 0.6) is 0 Å². The van der Waals surface area contributed by atoms with Gasteiger partial charge < -0.3 is 10.2 Å². The number of aryl methyl sites for hydroxylation is 1. The summed E-state index contributed by atoms with van der Waals surface area (Å²) in [7, 11) is 3.37. The molecule has 0 aliphatic heterocycles. The number of unbranched alkanes of at least 4 members (excludes halogenated alkanes) is 3. The Bertz CT molecular complexity index is 569. The van der Waals surface area contributed by atoms with Crippen molar-refractivity contribution in [3.63, 3.8) is 0 Å². The maximum atomic E-state index is 13.0. The van der Waals surface area contributed by atoms with E-state index < -0.39 is 11.9 Å². The minimum atomic E-state index is -4.47. The summed E-state index contributed by atoms with van der Waals surface area (Å²) in [6.45, 7) is 7.01. The molecule has 0 aromatic carbocycles. The van der Waals surface area contributed by atoms with Crippen molar-refractivity contribution in [3.8, 4) is 0 Å².